The largest absolute Gasteiger partial charge is 0.497 e. The highest BCUT2D eigenvalue weighted by Gasteiger charge is 2.27. The number of thiazole rings is 1. The second-order valence-electron chi connectivity index (χ2n) is 7.58. The first-order chi connectivity index (χ1) is 16.9. The maximum atomic E-state index is 12.8. The topological polar surface area (TPSA) is 124 Å². The lowest BCUT2D eigenvalue weighted by Gasteiger charge is -2.07. The van der Waals surface area contributed by atoms with E-state index in [2.05, 4.69) is 24.8 Å². The van der Waals surface area contributed by atoms with E-state index in [-0.39, 0.29) is 6.61 Å². The van der Waals surface area contributed by atoms with Gasteiger partial charge in [-0.15, -0.1) is 0 Å². The van der Waals surface area contributed by atoms with Gasteiger partial charge in [-0.3, -0.25) is 10.00 Å². The van der Waals surface area contributed by atoms with Crippen LogP contribution in [0.5, 0.6) is 5.75 Å². The van der Waals surface area contributed by atoms with Crippen molar-refractivity contribution >= 4 is 39.9 Å². The molecule has 0 aliphatic rings. The SMILES string of the molecule is CCOC(=O)c1sc(Nc2nsc(C)n2)nc1-c1cn(Cc2ccc(OC)cc2)nc1C(O)CC. The summed E-state index contributed by atoms with van der Waals surface area (Å²) in [6, 6.07) is 7.67. The van der Waals surface area contributed by atoms with Gasteiger partial charge >= 0.3 is 5.97 Å². The quantitative estimate of drug-likeness (QED) is 0.292. The third-order valence-corrected chi connectivity index (χ3v) is 6.66. The molecule has 0 radical (unpaired) electrons. The monoisotopic (exact) mass is 514 g/mol. The van der Waals surface area contributed by atoms with Gasteiger partial charge in [0.05, 0.1) is 26.4 Å². The highest BCUT2D eigenvalue weighted by Crippen LogP contribution is 2.37. The Hall–Kier alpha value is -3.35. The van der Waals surface area contributed by atoms with E-state index >= 15 is 0 Å². The minimum atomic E-state index is -0.821. The summed E-state index contributed by atoms with van der Waals surface area (Å²) in [5.74, 6) is 0.686. The Balaban J connectivity index is 1.74. The number of esters is 1. The predicted octanol–water partition coefficient (Wildman–Crippen LogP) is 4.59. The van der Waals surface area contributed by atoms with Crippen molar-refractivity contribution < 1.29 is 19.4 Å². The Morgan fingerprint density at radius 2 is 2.00 bits per heavy atom. The van der Waals surface area contributed by atoms with Gasteiger partial charge in [-0.2, -0.15) is 9.47 Å². The lowest BCUT2D eigenvalue weighted by atomic mass is 10.1. The normalized spacial score (nSPS) is 11.9. The summed E-state index contributed by atoms with van der Waals surface area (Å²) in [6.45, 7) is 6.18. The number of rotatable bonds is 10. The van der Waals surface area contributed by atoms with Crippen molar-refractivity contribution in [2.45, 2.75) is 39.8 Å². The number of carbonyl (C=O) groups excluding carboxylic acids is 1. The van der Waals surface area contributed by atoms with E-state index in [1.807, 2.05) is 38.1 Å². The molecule has 184 valence electrons. The Kier molecular flexibility index (Phi) is 7.73. The molecule has 1 atom stereocenters. The van der Waals surface area contributed by atoms with E-state index in [1.54, 1.807) is 24.9 Å². The molecule has 1 unspecified atom stereocenters. The van der Waals surface area contributed by atoms with Gasteiger partial charge in [0, 0.05) is 11.8 Å². The van der Waals surface area contributed by atoms with Crippen molar-refractivity contribution in [3.63, 3.8) is 0 Å². The van der Waals surface area contributed by atoms with Crippen molar-refractivity contribution in [1.29, 1.82) is 0 Å². The third kappa shape index (κ3) is 5.66. The molecule has 0 aliphatic carbocycles. The van der Waals surface area contributed by atoms with Crippen LogP contribution in [-0.2, 0) is 11.3 Å². The number of aliphatic hydroxyl groups excluding tert-OH is 1. The first-order valence-corrected chi connectivity index (χ1v) is 12.6. The minimum Gasteiger partial charge on any atom is -0.497 e. The summed E-state index contributed by atoms with van der Waals surface area (Å²) in [5, 5.41) is 19.7. The molecule has 4 rings (SSSR count). The molecule has 0 spiro atoms. The molecule has 0 saturated carbocycles. The molecule has 0 aliphatic heterocycles. The van der Waals surface area contributed by atoms with Gasteiger partial charge < -0.3 is 14.6 Å². The van der Waals surface area contributed by atoms with Crippen molar-refractivity contribution in [1.82, 2.24) is 24.1 Å². The van der Waals surface area contributed by atoms with E-state index < -0.39 is 12.1 Å². The molecule has 2 N–H and O–H groups in total. The van der Waals surface area contributed by atoms with Crippen LogP contribution in [0.4, 0.5) is 11.1 Å². The van der Waals surface area contributed by atoms with Gasteiger partial charge in [-0.1, -0.05) is 30.4 Å². The summed E-state index contributed by atoms with van der Waals surface area (Å²) in [4.78, 5) is 22.1. The van der Waals surface area contributed by atoms with Gasteiger partial charge in [-0.05, 0) is 49.5 Å². The lowest BCUT2D eigenvalue weighted by Crippen LogP contribution is -2.05. The van der Waals surface area contributed by atoms with Crippen LogP contribution in [-0.4, -0.2) is 48.9 Å². The molecule has 1 aromatic carbocycles. The first-order valence-electron chi connectivity index (χ1n) is 11.1. The summed E-state index contributed by atoms with van der Waals surface area (Å²) in [7, 11) is 1.62. The van der Waals surface area contributed by atoms with E-state index in [4.69, 9.17) is 9.47 Å². The number of benzene rings is 1. The van der Waals surface area contributed by atoms with Crippen LogP contribution in [0.15, 0.2) is 30.5 Å². The lowest BCUT2D eigenvalue weighted by molar-refractivity contribution is 0.0532. The van der Waals surface area contributed by atoms with Crippen LogP contribution in [0.2, 0.25) is 0 Å². The predicted molar refractivity (Wildman–Crippen MR) is 135 cm³/mol. The molecule has 3 heterocycles. The fourth-order valence-electron chi connectivity index (χ4n) is 3.39. The van der Waals surface area contributed by atoms with Crippen LogP contribution in [0.3, 0.4) is 0 Å². The number of aromatic nitrogens is 5. The van der Waals surface area contributed by atoms with Gasteiger partial charge in [0.15, 0.2) is 5.13 Å². The molecule has 0 saturated heterocycles. The van der Waals surface area contributed by atoms with E-state index in [1.165, 1.54) is 11.5 Å². The minimum absolute atomic E-state index is 0.229. The van der Waals surface area contributed by atoms with Crippen LogP contribution in [0.25, 0.3) is 11.3 Å². The highest BCUT2D eigenvalue weighted by atomic mass is 32.1. The molecule has 3 aromatic heterocycles. The van der Waals surface area contributed by atoms with Crippen molar-refractivity contribution in [3.05, 3.63) is 51.6 Å². The smallest absolute Gasteiger partial charge is 0.350 e. The number of nitrogens with zero attached hydrogens (tertiary/aromatic N) is 5. The van der Waals surface area contributed by atoms with Gasteiger partial charge in [0.25, 0.3) is 0 Å². The Morgan fingerprint density at radius 3 is 2.63 bits per heavy atom. The van der Waals surface area contributed by atoms with Crippen molar-refractivity contribution in [3.8, 4) is 17.0 Å². The Morgan fingerprint density at radius 1 is 1.23 bits per heavy atom. The number of ether oxygens (including phenoxy) is 2. The molecular formula is C23H26N6O4S2. The number of methoxy groups -OCH3 is 1. The van der Waals surface area contributed by atoms with E-state index in [0.29, 0.717) is 45.9 Å². The molecular weight excluding hydrogens is 488 g/mol. The van der Waals surface area contributed by atoms with Crippen LogP contribution in [0, 0.1) is 6.92 Å². The van der Waals surface area contributed by atoms with Crippen LogP contribution in [0.1, 0.15) is 52.3 Å². The first kappa shape index (κ1) is 24.8. The number of hydrogen-bond acceptors (Lipinski definition) is 11. The molecule has 0 amide bonds. The fourth-order valence-corrected chi connectivity index (χ4v) is 4.69. The van der Waals surface area contributed by atoms with Crippen LogP contribution >= 0.6 is 22.9 Å². The number of nitrogens with one attached hydrogen (secondary N) is 1. The maximum absolute atomic E-state index is 12.8. The highest BCUT2D eigenvalue weighted by molar-refractivity contribution is 7.18. The molecule has 0 bridgehead atoms. The van der Waals surface area contributed by atoms with Crippen molar-refractivity contribution in [2.75, 3.05) is 19.0 Å². The molecule has 4 aromatic rings. The zero-order chi connectivity index (χ0) is 24.9. The van der Waals surface area contributed by atoms with Gasteiger partial charge in [-0.25, -0.2) is 14.8 Å². The fraction of sp³-hybridized carbons (Fsp3) is 0.348. The number of carbonyl (C=O) groups is 1. The molecule has 10 nitrogen and oxygen atoms in total. The Bertz CT molecular complexity index is 1300. The maximum Gasteiger partial charge on any atom is 0.350 e. The Labute approximate surface area is 210 Å². The summed E-state index contributed by atoms with van der Waals surface area (Å²) < 4.78 is 16.5. The second kappa shape index (κ2) is 10.9. The average Bonchev–Trinajstić information content (AvgIpc) is 3.58. The zero-order valence-corrected chi connectivity index (χ0v) is 21.4. The van der Waals surface area contributed by atoms with Crippen LogP contribution < -0.4 is 10.1 Å². The summed E-state index contributed by atoms with van der Waals surface area (Å²) >= 11 is 2.42. The second-order valence-corrected chi connectivity index (χ2v) is 9.53. The van der Waals surface area contributed by atoms with E-state index in [9.17, 15) is 9.90 Å². The zero-order valence-electron chi connectivity index (χ0n) is 19.8. The standard InChI is InChI=1S/C23H26N6O4S2/c1-5-17(30)18-16(12-29(27-18)11-14-7-9-15(32-4)10-8-14)19-20(21(31)33-6-2)34-23(25-19)26-22-24-13(3)35-28-22/h7-10,12,17,30H,5-6,11H2,1-4H3,(H,25,26,28). The summed E-state index contributed by atoms with van der Waals surface area (Å²) in [5.41, 5.74) is 2.42. The van der Waals surface area contributed by atoms with Gasteiger partial charge in [0.2, 0.25) is 5.95 Å². The number of hydrogen-bond donors (Lipinski definition) is 2. The number of aliphatic hydroxyl groups is 1. The van der Waals surface area contributed by atoms with E-state index in [0.717, 1.165) is 27.7 Å². The number of aryl methyl sites for hydroxylation is 1. The molecule has 35 heavy (non-hydrogen) atoms. The number of anilines is 2. The summed E-state index contributed by atoms with van der Waals surface area (Å²) in [6.07, 6.45) is 1.43. The van der Waals surface area contributed by atoms with Gasteiger partial charge in [0.1, 0.15) is 27.0 Å². The molecule has 0 fully saturated rings. The average molecular weight is 515 g/mol. The molecule has 12 heteroatoms. The van der Waals surface area contributed by atoms with Crippen molar-refractivity contribution in [2.24, 2.45) is 0 Å². The third-order valence-electron chi connectivity index (χ3n) is 5.09.